The minimum absolute atomic E-state index is 0.0375. The molecule has 1 aliphatic heterocycles. The third-order valence-corrected chi connectivity index (χ3v) is 3.48. The zero-order valence-corrected chi connectivity index (χ0v) is 11.1. The van der Waals surface area contributed by atoms with Crippen molar-refractivity contribution in [1.82, 2.24) is 10.3 Å². The molecule has 104 valence electrons. The van der Waals surface area contributed by atoms with Gasteiger partial charge in [0.15, 0.2) is 0 Å². The van der Waals surface area contributed by atoms with Gasteiger partial charge in [-0.15, -0.1) is 0 Å². The Bertz CT molecular complexity index is 636. The van der Waals surface area contributed by atoms with Crippen LogP contribution in [-0.2, 0) is 0 Å². The van der Waals surface area contributed by atoms with Crippen LogP contribution >= 0.6 is 0 Å². The zero-order valence-electron chi connectivity index (χ0n) is 11.1. The quantitative estimate of drug-likeness (QED) is 0.886. The first-order valence-electron chi connectivity index (χ1n) is 6.81. The van der Waals surface area contributed by atoms with Crippen LogP contribution in [0.3, 0.4) is 0 Å². The topological polar surface area (TPSA) is 77.2 Å². The van der Waals surface area contributed by atoms with Gasteiger partial charge in [-0.25, -0.2) is 4.98 Å². The number of nitrogens with zero attached hydrogens (tertiary/aromatic N) is 1. The van der Waals surface area contributed by atoms with E-state index in [1.165, 1.54) is 0 Å². The number of nitrogens with one attached hydrogen (secondary N) is 1. The summed E-state index contributed by atoms with van der Waals surface area (Å²) in [5, 5.41) is 4.16. The predicted molar refractivity (Wildman–Crippen MR) is 76.8 cm³/mol. The molecular formula is C15H17N3O2. The molecule has 1 aromatic heterocycles. The number of para-hydroxylation sites is 1. The Morgan fingerprint density at radius 3 is 3.00 bits per heavy atom. The van der Waals surface area contributed by atoms with Gasteiger partial charge in [-0.1, -0.05) is 18.2 Å². The second kappa shape index (κ2) is 5.46. The van der Waals surface area contributed by atoms with Crippen molar-refractivity contribution in [3.8, 4) is 5.88 Å². The average molecular weight is 271 g/mol. The van der Waals surface area contributed by atoms with Gasteiger partial charge in [0.25, 0.3) is 5.91 Å². The molecule has 3 N–H and O–H groups in total. The summed E-state index contributed by atoms with van der Waals surface area (Å²) in [6, 6.07) is 9.36. The maximum absolute atomic E-state index is 11.6. The molecular weight excluding hydrogens is 254 g/mol. The number of primary amides is 1. The van der Waals surface area contributed by atoms with Gasteiger partial charge < -0.3 is 15.8 Å². The molecule has 1 aromatic carbocycles. The number of carbonyl (C=O) groups is 1. The third kappa shape index (κ3) is 2.58. The molecule has 0 radical (unpaired) electrons. The van der Waals surface area contributed by atoms with Crippen molar-refractivity contribution in [2.24, 2.45) is 5.73 Å². The lowest BCUT2D eigenvalue weighted by Gasteiger charge is -2.24. The van der Waals surface area contributed by atoms with E-state index in [1.807, 2.05) is 24.3 Å². The van der Waals surface area contributed by atoms with Crippen molar-refractivity contribution in [3.05, 3.63) is 35.9 Å². The Morgan fingerprint density at radius 1 is 1.40 bits per heavy atom. The van der Waals surface area contributed by atoms with E-state index in [-0.39, 0.29) is 6.10 Å². The van der Waals surface area contributed by atoms with Crippen LogP contribution in [0.15, 0.2) is 30.3 Å². The molecule has 2 heterocycles. The molecule has 5 nitrogen and oxygen atoms in total. The minimum Gasteiger partial charge on any atom is -0.472 e. The lowest BCUT2D eigenvalue weighted by atomic mass is 10.1. The first-order valence-corrected chi connectivity index (χ1v) is 6.81. The fourth-order valence-corrected chi connectivity index (χ4v) is 2.44. The Hall–Kier alpha value is -2.14. The molecule has 1 amide bonds. The molecule has 2 aromatic rings. The molecule has 1 fully saturated rings. The van der Waals surface area contributed by atoms with Gasteiger partial charge in [-0.3, -0.25) is 4.79 Å². The summed E-state index contributed by atoms with van der Waals surface area (Å²) in [7, 11) is 0. The number of ether oxygens (including phenoxy) is 1. The molecule has 1 saturated heterocycles. The summed E-state index contributed by atoms with van der Waals surface area (Å²) in [5.41, 5.74) is 6.58. The van der Waals surface area contributed by atoms with Gasteiger partial charge in [0, 0.05) is 11.9 Å². The highest BCUT2D eigenvalue weighted by molar-refractivity contribution is 5.98. The van der Waals surface area contributed by atoms with Crippen LogP contribution in [0.1, 0.15) is 23.2 Å². The normalized spacial score (nSPS) is 18.9. The van der Waals surface area contributed by atoms with E-state index in [9.17, 15) is 4.79 Å². The van der Waals surface area contributed by atoms with Crippen molar-refractivity contribution in [2.45, 2.75) is 18.9 Å². The number of hydrogen-bond donors (Lipinski definition) is 2. The van der Waals surface area contributed by atoms with Crippen molar-refractivity contribution < 1.29 is 9.53 Å². The van der Waals surface area contributed by atoms with Crippen LogP contribution in [0.5, 0.6) is 5.88 Å². The van der Waals surface area contributed by atoms with Crippen LogP contribution in [0, 0.1) is 0 Å². The van der Waals surface area contributed by atoms with Crippen LogP contribution in [0.25, 0.3) is 10.9 Å². The number of pyridine rings is 1. The van der Waals surface area contributed by atoms with E-state index in [2.05, 4.69) is 10.3 Å². The largest absolute Gasteiger partial charge is 0.472 e. The second-order valence-electron chi connectivity index (χ2n) is 4.98. The highest BCUT2D eigenvalue weighted by Gasteiger charge is 2.19. The van der Waals surface area contributed by atoms with Crippen molar-refractivity contribution >= 4 is 16.8 Å². The average Bonchev–Trinajstić information content (AvgIpc) is 2.47. The Balaban J connectivity index is 1.98. The number of benzene rings is 1. The van der Waals surface area contributed by atoms with Crippen molar-refractivity contribution in [3.63, 3.8) is 0 Å². The van der Waals surface area contributed by atoms with E-state index in [4.69, 9.17) is 10.5 Å². The summed E-state index contributed by atoms with van der Waals surface area (Å²) in [6.45, 7) is 1.78. The molecule has 1 aliphatic rings. The lowest BCUT2D eigenvalue weighted by Crippen LogP contribution is -2.37. The van der Waals surface area contributed by atoms with Crippen molar-refractivity contribution in [2.75, 3.05) is 13.1 Å². The molecule has 0 saturated carbocycles. The smallest absolute Gasteiger partial charge is 0.254 e. The number of fused-ring (bicyclic) bond motifs is 1. The summed E-state index contributed by atoms with van der Waals surface area (Å²) in [5.74, 6) is -0.174. The first kappa shape index (κ1) is 12.9. The second-order valence-corrected chi connectivity index (χ2v) is 4.98. The molecule has 3 rings (SSSR count). The van der Waals surface area contributed by atoms with Crippen LogP contribution in [-0.4, -0.2) is 30.1 Å². The van der Waals surface area contributed by atoms with Crippen molar-refractivity contribution in [1.29, 1.82) is 0 Å². The Morgan fingerprint density at radius 2 is 2.25 bits per heavy atom. The number of carbonyl (C=O) groups excluding carboxylic acids is 1. The fourth-order valence-electron chi connectivity index (χ4n) is 2.44. The summed E-state index contributed by atoms with van der Waals surface area (Å²) in [4.78, 5) is 16.0. The van der Waals surface area contributed by atoms with E-state index in [0.29, 0.717) is 11.4 Å². The number of amides is 1. The van der Waals surface area contributed by atoms with Gasteiger partial charge in [0.2, 0.25) is 5.88 Å². The van der Waals surface area contributed by atoms with E-state index in [1.54, 1.807) is 6.07 Å². The van der Waals surface area contributed by atoms with Gasteiger partial charge in [-0.2, -0.15) is 0 Å². The van der Waals surface area contributed by atoms with Gasteiger partial charge in [0.1, 0.15) is 11.7 Å². The van der Waals surface area contributed by atoms with E-state index < -0.39 is 5.91 Å². The maximum atomic E-state index is 11.6. The number of piperidine rings is 1. The number of aromatic nitrogens is 1. The van der Waals surface area contributed by atoms with E-state index >= 15 is 0 Å². The molecule has 0 aliphatic carbocycles. The van der Waals surface area contributed by atoms with Gasteiger partial charge in [0.05, 0.1) is 5.52 Å². The predicted octanol–water partition coefficient (Wildman–Crippen LogP) is 1.46. The standard InChI is InChI=1S/C15H17N3O2/c16-14(19)12-8-10-4-1-2-6-13(10)18-15(12)20-11-5-3-7-17-9-11/h1-2,4,6,8,11,17H,3,5,7,9H2,(H2,16,19). The molecule has 20 heavy (non-hydrogen) atoms. The Kier molecular flexibility index (Phi) is 3.52. The molecule has 1 unspecified atom stereocenters. The first-order chi connectivity index (χ1) is 9.74. The van der Waals surface area contributed by atoms with Crippen LogP contribution < -0.4 is 15.8 Å². The van der Waals surface area contributed by atoms with Crippen LogP contribution in [0.4, 0.5) is 0 Å². The number of nitrogens with two attached hydrogens (primary N) is 1. The highest BCUT2D eigenvalue weighted by atomic mass is 16.5. The number of rotatable bonds is 3. The fraction of sp³-hybridized carbons (Fsp3) is 0.333. The SMILES string of the molecule is NC(=O)c1cc2ccccc2nc1OC1CCCNC1. The van der Waals surface area contributed by atoms with Gasteiger partial charge in [-0.05, 0) is 31.5 Å². The third-order valence-electron chi connectivity index (χ3n) is 3.48. The molecule has 5 heteroatoms. The summed E-state index contributed by atoms with van der Waals surface area (Å²) in [6.07, 6.45) is 2.06. The monoisotopic (exact) mass is 271 g/mol. The maximum Gasteiger partial charge on any atom is 0.254 e. The highest BCUT2D eigenvalue weighted by Crippen LogP contribution is 2.24. The summed E-state index contributed by atoms with van der Waals surface area (Å²) < 4.78 is 5.88. The minimum atomic E-state index is -0.512. The number of hydrogen-bond acceptors (Lipinski definition) is 4. The molecule has 1 atom stereocenters. The molecule has 0 spiro atoms. The Labute approximate surface area is 117 Å². The van der Waals surface area contributed by atoms with Crippen LogP contribution in [0.2, 0.25) is 0 Å². The zero-order chi connectivity index (χ0) is 13.9. The van der Waals surface area contributed by atoms with E-state index in [0.717, 1.165) is 36.8 Å². The molecule has 0 bridgehead atoms. The lowest BCUT2D eigenvalue weighted by molar-refractivity contribution is 0.0988. The summed E-state index contributed by atoms with van der Waals surface area (Å²) >= 11 is 0. The van der Waals surface area contributed by atoms with Gasteiger partial charge >= 0.3 is 0 Å².